The van der Waals surface area contributed by atoms with Crippen molar-refractivity contribution >= 4 is 35.1 Å². The number of hydrogen-bond acceptors (Lipinski definition) is 3. The SMILES string of the molecule is CC(NC(=O)C(C)Oc1cccc(Cl)c1Cl)C(=O)O. The number of carbonyl (C=O) groups is 2. The minimum Gasteiger partial charge on any atom is -0.480 e. The van der Waals surface area contributed by atoms with Gasteiger partial charge in [0, 0.05) is 0 Å². The molecule has 0 aliphatic rings. The molecular formula is C12H13Cl2NO4. The maximum absolute atomic E-state index is 11.7. The Morgan fingerprint density at radius 2 is 1.95 bits per heavy atom. The summed E-state index contributed by atoms with van der Waals surface area (Å²) < 4.78 is 5.35. The average Bonchev–Trinajstić information content (AvgIpc) is 2.34. The average molecular weight is 306 g/mol. The lowest BCUT2D eigenvalue weighted by Crippen LogP contribution is -2.44. The summed E-state index contributed by atoms with van der Waals surface area (Å²) in [6.07, 6.45) is -0.891. The number of carbonyl (C=O) groups excluding carboxylic acids is 1. The van der Waals surface area contributed by atoms with Gasteiger partial charge in [0.2, 0.25) is 0 Å². The lowest BCUT2D eigenvalue weighted by atomic mass is 10.3. The molecule has 0 fully saturated rings. The summed E-state index contributed by atoms with van der Waals surface area (Å²) in [5.74, 6) is -1.41. The van der Waals surface area contributed by atoms with Crippen LogP contribution in [0.15, 0.2) is 18.2 Å². The third-order valence-corrected chi connectivity index (χ3v) is 3.12. The highest BCUT2D eigenvalue weighted by molar-refractivity contribution is 6.42. The minimum atomic E-state index is -1.12. The molecule has 0 aliphatic heterocycles. The van der Waals surface area contributed by atoms with Crippen LogP contribution in [-0.4, -0.2) is 29.1 Å². The molecule has 0 aliphatic carbocycles. The molecule has 0 saturated heterocycles. The highest BCUT2D eigenvalue weighted by atomic mass is 35.5. The van der Waals surface area contributed by atoms with Crippen LogP contribution < -0.4 is 10.1 Å². The number of rotatable bonds is 5. The molecule has 7 heteroatoms. The van der Waals surface area contributed by atoms with Crippen LogP contribution in [0.2, 0.25) is 10.0 Å². The number of carboxylic acid groups (broad SMARTS) is 1. The second kappa shape index (κ2) is 6.63. The van der Waals surface area contributed by atoms with Gasteiger partial charge in [-0.1, -0.05) is 29.3 Å². The first-order chi connectivity index (χ1) is 8.82. The molecule has 104 valence electrons. The Labute approximate surface area is 120 Å². The van der Waals surface area contributed by atoms with Crippen LogP contribution in [0.4, 0.5) is 0 Å². The van der Waals surface area contributed by atoms with E-state index >= 15 is 0 Å². The Morgan fingerprint density at radius 3 is 2.53 bits per heavy atom. The van der Waals surface area contributed by atoms with E-state index in [1.54, 1.807) is 18.2 Å². The van der Waals surface area contributed by atoms with Gasteiger partial charge in [-0.05, 0) is 26.0 Å². The molecule has 1 amide bonds. The summed E-state index contributed by atoms with van der Waals surface area (Å²) in [6, 6.07) is 3.80. The molecule has 2 atom stereocenters. The minimum absolute atomic E-state index is 0.204. The smallest absolute Gasteiger partial charge is 0.325 e. The molecule has 19 heavy (non-hydrogen) atoms. The van der Waals surface area contributed by atoms with E-state index < -0.39 is 24.0 Å². The topological polar surface area (TPSA) is 75.6 Å². The third-order valence-electron chi connectivity index (χ3n) is 2.32. The molecule has 2 unspecified atom stereocenters. The Kier molecular flexibility index (Phi) is 5.44. The molecular weight excluding hydrogens is 293 g/mol. The lowest BCUT2D eigenvalue weighted by Gasteiger charge is -2.17. The van der Waals surface area contributed by atoms with E-state index in [2.05, 4.69) is 5.32 Å². The second-order valence-corrected chi connectivity index (χ2v) is 4.67. The van der Waals surface area contributed by atoms with Crippen molar-refractivity contribution in [3.05, 3.63) is 28.2 Å². The summed E-state index contributed by atoms with van der Waals surface area (Å²) in [7, 11) is 0. The molecule has 0 radical (unpaired) electrons. The second-order valence-electron chi connectivity index (χ2n) is 3.88. The highest BCUT2D eigenvalue weighted by Crippen LogP contribution is 2.32. The highest BCUT2D eigenvalue weighted by Gasteiger charge is 2.21. The van der Waals surface area contributed by atoms with Crippen LogP contribution in [-0.2, 0) is 9.59 Å². The van der Waals surface area contributed by atoms with E-state index in [-0.39, 0.29) is 10.8 Å². The molecule has 1 aromatic rings. The van der Waals surface area contributed by atoms with Crippen LogP contribution in [0.3, 0.4) is 0 Å². The quantitative estimate of drug-likeness (QED) is 0.875. The summed E-state index contributed by atoms with van der Waals surface area (Å²) in [4.78, 5) is 22.3. The Morgan fingerprint density at radius 1 is 1.32 bits per heavy atom. The normalized spacial score (nSPS) is 13.5. The van der Waals surface area contributed by atoms with Gasteiger partial charge in [-0.3, -0.25) is 9.59 Å². The van der Waals surface area contributed by atoms with Gasteiger partial charge in [-0.2, -0.15) is 0 Å². The first-order valence-corrected chi connectivity index (χ1v) is 6.22. The molecule has 1 aromatic carbocycles. The number of halogens is 2. The number of nitrogens with one attached hydrogen (secondary N) is 1. The molecule has 2 N–H and O–H groups in total. The molecule has 0 heterocycles. The molecule has 0 aromatic heterocycles. The molecule has 1 rings (SSSR count). The number of ether oxygens (including phenoxy) is 1. The van der Waals surface area contributed by atoms with Crippen LogP contribution in [0.1, 0.15) is 13.8 Å². The predicted molar refractivity (Wildman–Crippen MR) is 71.8 cm³/mol. The van der Waals surface area contributed by atoms with Gasteiger partial charge in [0.15, 0.2) is 6.10 Å². The Hall–Kier alpha value is -1.46. The van der Waals surface area contributed by atoms with E-state index in [9.17, 15) is 9.59 Å². The van der Waals surface area contributed by atoms with Crippen molar-refractivity contribution in [2.24, 2.45) is 0 Å². The van der Waals surface area contributed by atoms with Crippen molar-refractivity contribution < 1.29 is 19.4 Å². The van der Waals surface area contributed by atoms with E-state index in [0.29, 0.717) is 5.02 Å². The van der Waals surface area contributed by atoms with Crippen molar-refractivity contribution in [1.29, 1.82) is 0 Å². The number of aliphatic carboxylic acids is 1. The van der Waals surface area contributed by atoms with Gasteiger partial charge in [0.1, 0.15) is 16.8 Å². The van der Waals surface area contributed by atoms with Gasteiger partial charge in [0.25, 0.3) is 5.91 Å². The van der Waals surface area contributed by atoms with Gasteiger partial charge in [-0.15, -0.1) is 0 Å². The fraction of sp³-hybridized carbons (Fsp3) is 0.333. The van der Waals surface area contributed by atoms with Gasteiger partial charge in [-0.25, -0.2) is 0 Å². The number of amides is 1. The lowest BCUT2D eigenvalue weighted by molar-refractivity contribution is -0.142. The van der Waals surface area contributed by atoms with E-state index in [1.807, 2.05) is 0 Å². The molecule has 5 nitrogen and oxygen atoms in total. The van der Waals surface area contributed by atoms with E-state index in [0.717, 1.165) is 0 Å². The van der Waals surface area contributed by atoms with Crippen molar-refractivity contribution in [3.63, 3.8) is 0 Å². The largest absolute Gasteiger partial charge is 0.480 e. The van der Waals surface area contributed by atoms with Crippen molar-refractivity contribution in [3.8, 4) is 5.75 Å². The monoisotopic (exact) mass is 305 g/mol. The van der Waals surface area contributed by atoms with Crippen LogP contribution in [0.25, 0.3) is 0 Å². The van der Waals surface area contributed by atoms with Crippen LogP contribution >= 0.6 is 23.2 Å². The first kappa shape index (κ1) is 15.6. The third kappa shape index (κ3) is 4.29. The van der Waals surface area contributed by atoms with Crippen molar-refractivity contribution in [1.82, 2.24) is 5.32 Å². The zero-order chi connectivity index (χ0) is 14.6. The maximum atomic E-state index is 11.7. The van der Waals surface area contributed by atoms with E-state index in [1.165, 1.54) is 13.8 Å². The van der Waals surface area contributed by atoms with Gasteiger partial charge < -0.3 is 15.2 Å². The number of benzene rings is 1. The number of carboxylic acids is 1. The summed E-state index contributed by atoms with van der Waals surface area (Å²) in [6.45, 7) is 2.85. The first-order valence-electron chi connectivity index (χ1n) is 5.46. The fourth-order valence-electron chi connectivity index (χ4n) is 1.21. The van der Waals surface area contributed by atoms with Crippen molar-refractivity contribution in [2.75, 3.05) is 0 Å². The Balaban J connectivity index is 2.69. The zero-order valence-corrected chi connectivity index (χ0v) is 11.8. The fourth-order valence-corrected chi connectivity index (χ4v) is 1.55. The zero-order valence-electron chi connectivity index (χ0n) is 10.3. The van der Waals surface area contributed by atoms with Crippen LogP contribution in [0, 0.1) is 0 Å². The molecule has 0 spiro atoms. The molecule has 0 saturated carbocycles. The van der Waals surface area contributed by atoms with Crippen molar-refractivity contribution in [2.45, 2.75) is 26.0 Å². The van der Waals surface area contributed by atoms with Crippen LogP contribution in [0.5, 0.6) is 5.75 Å². The number of hydrogen-bond donors (Lipinski definition) is 2. The molecule has 0 bridgehead atoms. The predicted octanol–water partition coefficient (Wildman–Crippen LogP) is 2.35. The van der Waals surface area contributed by atoms with Gasteiger partial charge in [0.05, 0.1) is 5.02 Å². The van der Waals surface area contributed by atoms with Gasteiger partial charge >= 0.3 is 5.97 Å². The summed E-state index contributed by atoms with van der Waals surface area (Å²) >= 11 is 11.7. The summed E-state index contributed by atoms with van der Waals surface area (Å²) in [5, 5.41) is 11.5. The maximum Gasteiger partial charge on any atom is 0.325 e. The Bertz CT molecular complexity index is 493. The summed E-state index contributed by atoms with van der Waals surface area (Å²) in [5.41, 5.74) is 0. The van der Waals surface area contributed by atoms with E-state index in [4.69, 9.17) is 33.0 Å². The standard InChI is InChI=1S/C12H13Cl2NO4/c1-6(12(17)18)15-11(16)7(2)19-9-5-3-4-8(13)10(9)14/h3-7H,1-2H3,(H,15,16)(H,17,18).